The first-order valence-corrected chi connectivity index (χ1v) is 7.85. The van der Waals surface area contributed by atoms with E-state index in [2.05, 4.69) is 5.32 Å². The molecule has 2 aromatic carbocycles. The average molecular weight is 335 g/mol. The number of nitrogens with zero attached hydrogens (tertiary/aromatic N) is 1. The van der Waals surface area contributed by atoms with Crippen LogP contribution in [0.1, 0.15) is 11.1 Å². The van der Waals surface area contributed by atoms with Crippen molar-refractivity contribution in [1.29, 1.82) is 0 Å². The molecule has 0 amide bonds. The van der Waals surface area contributed by atoms with E-state index in [4.69, 9.17) is 23.8 Å². The first-order chi connectivity index (χ1) is 10.6. The van der Waals surface area contributed by atoms with Gasteiger partial charge >= 0.3 is 0 Å². The lowest BCUT2D eigenvalue weighted by Crippen LogP contribution is -2.36. The summed E-state index contributed by atoms with van der Waals surface area (Å²) in [5.41, 5.74) is 3.01. The van der Waals surface area contributed by atoms with Crippen LogP contribution < -0.4 is 5.32 Å². The average Bonchev–Trinajstić information content (AvgIpc) is 2.51. The van der Waals surface area contributed by atoms with Crippen LogP contribution in [0.25, 0.3) is 0 Å². The number of aryl methyl sites for hydroxylation is 1. The molecule has 2 N–H and O–H groups in total. The molecule has 0 aliphatic carbocycles. The molecule has 116 valence electrons. The van der Waals surface area contributed by atoms with E-state index in [0.29, 0.717) is 23.2 Å². The summed E-state index contributed by atoms with van der Waals surface area (Å²) in [7, 11) is 0. The SMILES string of the molecule is Cc1ccc(NC(=S)N(CCO)Cc2ccccc2)cc1Cl. The smallest absolute Gasteiger partial charge is 0.173 e. The molecule has 0 bridgehead atoms. The van der Waals surface area contributed by atoms with Crippen molar-refractivity contribution >= 4 is 34.6 Å². The third kappa shape index (κ3) is 4.70. The molecule has 0 heterocycles. The molecule has 0 fully saturated rings. The first kappa shape index (κ1) is 16.7. The minimum atomic E-state index is 0.0449. The lowest BCUT2D eigenvalue weighted by Gasteiger charge is -2.25. The standard InChI is InChI=1S/C17H19ClN2OS/c1-13-7-8-15(11-16(13)18)19-17(22)20(9-10-21)12-14-5-3-2-4-6-14/h2-8,11,21H,9-10,12H2,1H3,(H,19,22). The van der Waals surface area contributed by atoms with Crippen molar-refractivity contribution in [2.75, 3.05) is 18.5 Å². The predicted octanol–water partition coefficient (Wildman–Crippen LogP) is 3.84. The number of halogens is 1. The molecule has 3 nitrogen and oxygen atoms in total. The van der Waals surface area contributed by atoms with E-state index in [1.54, 1.807) is 0 Å². The monoisotopic (exact) mass is 334 g/mol. The zero-order valence-corrected chi connectivity index (χ0v) is 14.0. The summed E-state index contributed by atoms with van der Waals surface area (Å²) in [6.45, 7) is 3.12. The Balaban J connectivity index is 2.07. The first-order valence-electron chi connectivity index (χ1n) is 7.07. The second-order valence-electron chi connectivity index (χ2n) is 5.02. The molecule has 22 heavy (non-hydrogen) atoms. The largest absolute Gasteiger partial charge is 0.395 e. The number of nitrogens with one attached hydrogen (secondary N) is 1. The molecular weight excluding hydrogens is 316 g/mol. The quantitative estimate of drug-likeness (QED) is 0.814. The van der Waals surface area contributed by atoms with Crippen molar-refractivity contribution in [2.24, 2.45) is 0 Å². The van der Waals surface area contributed by atoms with Gasteiger partial charge in [0.1, 0.15) is 0 Å². The van der Waals surface area contributed by atoms with Crippen molar-refractivity contribution in [3.63, 3.8) is 0 Å². The topological polar surface area (TPSA) is 35.5 Å². The highest BCUT2D eigenvalue weighted by Crippen LogP contribution is 2.20. The maximum Gasteiger partial charge on any atom is 0.173 e. The molecule has 2 rings (SSSR count). The van der Waals surface area contributed by atoms with Crippen LogP contribution in [0.3, 0.4) is 0 Å². The highest BCUT2D eigenvalue weighted by atomic mass is 35.5. The van der Waals surface area contributed by atoms with Gasteiger partial charge in [-0.2, -0.15) is 0 Å². The fourth-order valence-electron chi connectivity index (χ4n) is 2.05. The van der Waals surface area contributed by atoms with Gasteiger partial charge in [-0.1, -0.05) is 48.0 Å². The van der Waals surface area contributed by atoms with Gasteiger partial charge in [-0.05, 0) is 42.4 Å². The number of anilines is 1. The summed E-state index contributed by atoms with van der Waals surface area (Å²) in [5, 5.41) is 13.7. The summed E-state index contributed by atoms with van der Waals surface area (Å²) >= 11 is 11.6. The lowest BCUT2D eigenvalue weighted by molar-refractivity contribution is 0.248. The van der Waals surface area contributed by atoms with Gasteiger partial charge in [-0.15, -0.1) is 0 Å². The highest BCUT2D eigenvalue weighted by molar-refractivity contribution is 7.80. The fourth-order valence-corrected chi connectivity index (χ4v) is 2.50. The summed E-state index contributed by atoms with van der Waals surface area (Å²) in [5.74, 6) is 0. The maximum atomic E-state index is 9.26. The minimum absolute atomic E-state index is 0.0449. The Morgan fingerprint density at radius 3 is 2.59 bits per heavy atom. The van der Waals surface area contributed by atoms with Crippen LogP contribution in [0.5, 0.6) is 0 Å². The Labute approximate surface area is 141 Å². The molecule has 0 unspecified atom stereocenters. The zero-order chi connectivity index (χ0) is 15.9. The van der Waals surface area contributed by atoms with Crippen LogP contribution in [0, 0.1) is 6.92 Å². The lowest BCUT2D eigenvalue weighted by atomic mass is 10.2. The van der Waals surface area contributed by atoms with Crippen molar-refractivity contribution in [3.05, 3.63) is 64.7 Å². The molecule has 2 aromatic rings. The molecule has 0 spiro atoms. The fraction of sp³-hybridized carbons (Fsp3) is 0.235. The summed E-state index contributed by atoms with van der Waals surface area (Å²) in [6.07, 6.45) is 0. The zero-order valence-electron chi connectivity index (χ0n) is 12.4. The Morgan fingerprint density at radius 2 is 1.95 bits per heavy atom. The molecule has 0 saturated carbocycles. The van der Waals surface area contributed by atoms with E-state index < -0.39 is 0 Å². The van der Waals surface area contributed by atoms with Gasteiger partial charge in [0, 0.05) is 23.8 Å². The number of thiocarbonyl (C=S) groups is 1. The minimum Gasteiger partial charge on any atom is -0.395 e. The summed E-state index contributed by atoms with van der Waals surface area (Å²) < 4.78 is 0. The van der Waals surface area contributed by atoms with Gasteiger partial charge < -0.3 is 15.3 Å². The van der Waals surface area contributed by atoms with E-state index in [-0.39, 0.29) is 6.61 Å². The Kier molecular flexibility index (Phi) is 6.19. The number of rotatable bonds is 5. The molecule has 0 atom stereocenters. The van der Waals surface area contributed by atoms with Gasteiger partial charge in [0.2, 0.25) is 0 Å². The maximum absolute atomic E-state index is 9.26. The third-order valence-corrected chi connectivity index (χ3v) is 4.06. The normalized spacial score (nSPS) is 10.3. The number of hydrogen-bond acceptors (Lipinski definition) is 2. The van der Waals surface area contributed by atoms with Crippen LogP contribution >= 0.6 is 23.8 Å². The Hall–Kier alpha value is -1.62. The van der Waals surface area contributed by atoms with E-state index in [1.807, 2.05) is 60.4 Å². The van der Waals surface area contributed by atoms with Crippen LogP contribution in [0.2, 0.25) is 5.02 Å². The number of hydrogen-bond donors (Lipinski definition) is 2. The van der Waals surface area contributed by atoms with Crippen LogP contribution in [-0.2, 0) is 6.54 Å². The number of benzene rings is 2. The second kappa shape index (κ2) is 8.13. The summed E-state index contributed by atoms with van der Waals surface area (Å²) in [4.78, 5) is 1.93. The molecule has 0 aromatic heterocycles. The predicted molar refractivity (Wildman–Crippen MR) is 96.3 cm³/mol. The third-order valence-electron chi connectivity index (χ3n) is 3.30. The summed E-state index contributed by atoms with van der Waals surface area (Å²) in [6, 6.07) is 15.8. The van der Waals surface area contributed by atoms with Gasteiger partial charge in [-0.3, -0.25) is 0 Å². The van der Waals surface area contributed by atoms with Gasteiger partial charge in [-0.25, -0.2) is 0 Å². The van der Waals surface area contributed by atoms with Crippen LogP contribution in [0.4, 0.5) is 5.69 Å². The Bertz CT molecular complexity index is 634. The molecule has 0 saturated heterocycles. The van der Waals surface area contributed by atoms with E-state index in [0.717, 1.165) is 16.8 Å². The Morgan fingerprint density at radius 1 is 1.23 bits per heavy atom. The van der Waals surface area contributed by atoms with Crippen molar-refractivity contribution in [3.8, 4) is 0 Å². The molecule has 5 heteroatoms. The molecular formula is C17H19ClN2OS. The highest BCUT2D eigenvalue weighted by Gasteiger charge is 2.10. The number of aliphatic hydroxyl groups is 1. The van der Waals surface area contributed by atoms with Crippen molar-refractivity contribution < 1.29 is 5.11 Å². The molecule has 0 radical (unpaired) electrons. The van der Waals surface area contributed by atoms with Gasteiger partial charge in [0.05, 0.1) is 6.61 Å². The van der Waals surface area contributed by atoms with Crippen molar-refractivity contribution in [2.45, 2.75) is 13.5 Å². The van der Waals surface area contributed by atoms with E-state index >= 15 is 0 Å². The van der Waals surface area contributed by atoms with Crippen LogP contribution in [0.15, 0.2) is 48.5 Å². The van der Waals surface area contributed by atoms with Gasteiger partial charge in [0.25, 0.3) is 0 Å². The second-order valence-corrected chi connectivity index (χ2v) is 5.82. The van der Waals surface area contributed by atoms with Gasteiger partial charge in [0.15, 0.2) is 5.11 Å². The molecule has 0 aliphatic rings. The molecule has 0 aliphatic heterocycles. The number of aliphatic hydroxyl groups excluding tert-OH is 1. The van der Waals surface area contributed by atoms with Crippen LogP contribution in [-0.4, -0.2) is 28.3 Å². The van der Waals surface area contributed by atoms with Crippen molar-refractivity contribution in [1.82, 2.24) is 4.90 Å². The van der Waals surface area contributed by atoms with E-state index in [1.165, 1.54) is 0 Å². The van der Waals surface area contributed by atoms with E-state index in [9.17, 15) is 5.11 Å².